The molecule has 0 bridgehead atoms. The average molecular weight is 780 g/mol. The van der Waals surface area contributed by atoms with Crippen LogP contribution in [-0.4, -0.2) is 85.2 Å². The molecule has 0 aliphatic carbocycles. The van der Waals surface area contributed by atoms with Crippen LogP contribution in [0.4, 0.5) is 33.4 Å². The number of carbonyl (C=O) groups is 1. The number of aromatic nitrogens is 2. The van der Waals surface area contributed by atoms with Gasteiger partial charge in [0.1, 0.15) is 24.3 Å². The number of aliphatic hydroxyl groups excluding tert-OH is 2. The van der Waals surface area contributed by atoms with Crippen molar-refractivity contribution in [2.75, 3.05) is 44.0 Å². The molecule has 0 saturated carbocycles. The largest absolute Gasteiger partial charge is 0.441 e. The van der Waals surface area contributed by atoms with Gasteiger partial charge >= 0.3 is 11.8 Å². The number of alkyl carbamates (subject to hydrolysis) is 1. The summed E-state index contributed by atoms with van der Waals surface area (Å²) < 4.78 is 40.7. The summed E-state index contributed by atoms with van der Waals surface area (Å²) in [4.78, 5) is 42.0. The van der Waals surface area contributed by atoms with Crippen LogP contribution in [0.3, 0.4) is 0 Å². The lowest BCUT2D eigenvalue weighted by atomic mass is 10.0. The third-order valence-corrected chi connectivity index (χ3v) is 9.91. The molecular weight excluding hydrogens is 739 g/mol. The van der Waals surface area contributed by atoms with E-state index in [2.05, 4.69) is 30.6 Å². The van der Waals surface area contributed by atoms with Crippen LogP contribution in [0.2, 0.25) is 0 Å². The molecule has 2 heterocycles. The van der Waals surface area contributed by atoms with Gasteiger partial charge in [0.2, 0.25) is 10.0 Å². The van der Waals surface area contributed by atoms with Gasteiger partial charge in [-0.25, -0.2) is 22.7 Å². The highest BCUT2D eigenvalue weighted by molar-refractivity contribution is 7.89. The highest BCUT2D eigenvalue weighted by Gasteiger charge is 2.35. The number of nitrogens with zero attached hydrogens (tertiary/aromatic N) is 6. The molecule has 5 rings (SSSR count). The molecule has 20 heteroatoms. The Labute approximate surface area is 315 Å². The summed E-state index contributed by atoms with van der Waals surface area (Å²) in [6.07, 6.45) is -2.89. The number of hydrogen-bond donors (Lipinski definition) is 5. The number of amides is 1. The number of benzene rings is 3. The zero-order chi connectivity index (χ0) is 39.7. The van der Waals surface area contributed by atoms with E-state index in [-0.39, 0.29) is 54.6 Å². The standard InChI is InChI=1S/C35H41N9O10S/c1-22(53-35(48)37-16-15-36-32-14-17-43(34(47)39-32)33-19-30(46)31(21-45)54-33)28-18-23(4-13-29(28)44(49)50)20-38-55(51,52)27-11-7-25(8-12-27)41-40-24-5-9-26(10-6-24)42(2)3/h4-14,17-18,22,30-31,33,38,45-46H,15-16,19-21H2,1-3H3,(H,37,48)(H,36,39,47)/t22?,30-,31+,33+/m0/s1. The topological polar surface area (TPSA) is 252 Å². The van der Waals surface area contributed by atoms with E-state index in [9.17, 15) is 38.3 Å². The number of aliphatic hydroxyl groups is 2. The number of azo groups is 1. The van der Waals surface area contributed by atoms with Gasteiger partial charge in [0.05, 0.1) is 39.5 Å². The second-order valence-electron chi connectivity index (χ2n) is 12.6. The fourth-order valence-electron chi connectivity index (χ4n) is 5.49. The normalized spacial score (nSPS) is 17.5. The van der Waals surface area contributed by atoms with Crippen LogP contribution in [-0.2, 0) is 26.0 Å². The minimum atomic E-state index is -3.99. The summed E-state index contributed by atoms with van der Waals surface area (Å²) in [5.41, 5.74) is 1.56. The molecule has 1 aromatic heterocycles. The molecule has 1 fully saturated rings. The summed E-state index contributed by atoms with van der Waals surface area (Å²) in [5.74, 6) is 0.214. The SMILES string of the molecule is CC(OC(=O)NCCNc1ccn([C@H]2C[C@H](O)[C@@H](CO)O2)c(=O)n1)c1cc(CNS(=O)(=O)c2ccc(N=Nc3ccc(N(C)C)cc3)cc2)ccc1[N+](=O)[O-]. The fraction of sp³-hybridized carbons (Fsp3) is 0.343. The van der Waals surface area contributed by atoms with Gasteiger partial charge in [-0.3, -0.25) is 14.7 Å². The van der Waals surface area contributed by atoms with Gasteiger partial charge in [-0.1, -0.05) is 6.07 Å². The van der Waals surface area contributed by atoms with Crippen molar-refractivity contribution in [3.8, 4) is 0 Å². The quantitative estimate of drug-likeness (QED) is 0.0472. The molecule has 0 spiro atoms. The highest BCUT2D eigenvalue weighted by atomic mass is 32.2. The number of rotatable bonds is 16. The van der Waals surface area contributed by atoms with Gasteiger partial charge in [-0.2, -0.15) is 15.2 Å². The number of carbonyl (C=O) groups excluding carboxylic acids is 1. The lowest BCUT2D eigenvalue weighted by Crippen LogP contribution is -2.31. The molecule has 292 valence electrons. The van der Waals surface area contributed by atoms with E-state index < -0.39 is 51.3 Å². The summed E-state index contributed by atoms with van der Waals surface area (Å²) in [7, 11) is -0.131. The smallest absolute Gasteiger partial charge is 0.407 e. The number of hydrogen-bond acceptors (Lipinski definition) is 15. The highest BCUT2D eigenvalue weighted by Crippen LogP contribution is 2.30. The van der Waals surface area contributed by atoms with Crippen molar-refractivity contribution in [3.05, 3.63) is 111 Å². The molecular formula is C35H41N9O10S. The molecule has 1 amide bonds. The zero-order valence-corrected chi connectivity index (χ0v) is 30.9. The van der Waals surface area contributed by atoms with Gasteiger partial charge < -0.3 is 35.2 Å². The van der Waals surface area contributed by atoms with Crippen LogP contribution < -0.4 is 25.9 Å². The zero-order valence-electron chi connectivity index (χ0n) is 30.1. The van der Waals surface area contributed by atoms with Gasteiger partial charge in [-0.05, 0) is 73.2 Å². The van der Waals surface area contributed by atoms with E-state index in [1.807, 2.05) is 43.3 Å². The molecule has 5 N–H and O–H groups in total. The number of nitrogens with one attached hydrogen (secondary N) is 3. The molecule has 4 atom stereocenters. The summed E-state index contributed by atoms with van der Waals surface area (Å²) in [6.45, 7) is 1.02. The van der Waals surface area contributed by atoms with E-state index in [1.54, 1.807) is 0 Å². The van der Waals surface area contributed by atoms with E-state index in [1.165, 1.54) is 66.2 Å². The molecule has 1 unspecified atom stereocenters. The lowest BCUT2D eigenvalue weighted by Gasteiger charge is -2.16. The maximum atomic E-state index is 13.1. The Bertz CT molecular complexity index is 2160. The Morgan fingerprint density at radius 1 is 1.09 bits per heavy atom. The molecule has 1 aliphatic rings. The molecule has 1 saturated heterocycles. The molecule has 3 aromatic carbocycles. The number of nitro groups is 1. The van der Waals surface area contributed by atoms with Crippen molar-refractivity contribution in [1.82, 2.24) is 19.6 Å². The first kappa shape index (κ1) is 40.4. The number of ether oxygens (including phenoxy) is 2. The Morgan fingerprint density at radius 3 is 2.36 bits per heavy atom. The molecule has 55 heavy (non-hydrogen) atoms. The minimum Gasteiger partial charge on any atom is -0.441 e. The molecule has 19 nitrogen and oxygen atoms in total. The van der Waals surface area contributed by atoms with Crippen LogP contribution >= 0.6 is 0 Å². The average Bonchev–Trinajstić information content (AvgIpc) is 3.54. The van der Waals surface area contributed by atoms with Crippen molar-refractivity contribution < 1.29 is 37.8 Å². The Hall–Kier alpha value is -5.80. The second kappa shape index (κ2) is 18.0. The van der Waals surface area contributed by atoms with Crippen LogP contribution in [0, 0.1) is 10.1 Å². The van der Waals surface area contributed by atoms with Crippen molar-refractivity contribution in [3.63, 3.8) is 0 Å². The first-order chi connectivity index (χ1) is 26.2. The van der Waals surface area contributed by atoms with Crippen molar-refractivity contribution in [1.29, 1.82) is 0 Å². The van der Waals surface area contributed by atoms with Gasteiger partial charge in [0.15, 0.2) is 0 Å². The summed E-state index contributed by atoms with van der Waals surface area (Å²) >= 11 is 0. The first-order valence-corrected chi connectivity index (χ1v) is 18.5. The maximum Gasteiger partial charge on any atom is 0.407 e. The summed E-state index contributed by atoms with van der Waals surface area (Å²) in [5, 5.41) is 44.7. The number of anilines is 2. The summed E-state index contributed by atoms with van der Waals surface area (Å²) in [6, 6.07) is 18.7. The van der Waals surface area contributed by atoms with Crippen LogP contribution in [0.15, 0.2) is 98.9 Å². The van der Waals surface area contributed by atoms with Crippen molar-refractivity contribution in [2.45, 2.75) is 49.3 Å². The monoisotopic (exact) mass is 779 g/mol. The van der Waals surface area contributed by atoms with Gasteiger partial charge in [0, 0.05) is 58.1 Å². The van der Waals surface area contributed by atoms with E-state index in [0.717, 1.165) is 5.69 Å². The Balaban J connectivity index is 1.12. The maximum absolute atomic E-state index is 13.1. The van der Waals surface area contributed by atoms with Crippen LogP contribution in [0.1, 0.15) is 36.8 Å². The van der Waals surface area contributed by atoms with Gasteiger partial charge in [0.25, 0.3) is 5.69 Å². The van der Waals surface area contributed by atoms with Crippen LogP contribution in [0.5, 0.6) is 0 Å². The van der Waals surface area contributed by atoms with E-state index >= 15 is 0 Å². The van der Waals surface area contributed by atoms with Crippen LogP contribution in [0.25, 0.3) is 0 Å². The third-order valence-electron chi connectivity index (χ3n) is 8.50. The first-order valence-electron chi connectivity index (χ1n) is 17.0. The minimum absolute atomic E-state index is 0.0247. The predicted molar refractivity (Wildman–Crippen MR) is 200 cm³/mol. The van der Waals surface area contributed by atoms with Crippen molar-refractivity contribution >= 4 is 44.7 Å². The number of nitro benzene ring substituents is 1. The third kappa shape index (κ3) is 10.7. The lowest BCUT2D eigenvalue weighted by molar-refractivity contribution is -0.386. The van der Waals surface area contributed by atoms with Gasteiger partial charge in [-0.15, -0.1) is 0 Å². The Kier molecular flexibility index (Phi) is 13.2. The fourth-order valence-corrected chi connectivity index (χ4v) is 6.51. The van der Waals surface area contributed by atoms with E-state index in [0.29, 0.717) is 16.9 Å². The van der Waals surface area contributed by atoms with E-state index in [4.69, 9.17) is 9.47 Å². The Morgan fingerprint density at radius 2 is 1.76 bits per heavy atom. The molecule has 4 aromatic rings. The van der Waals surface area contributed by atoms with Crippen molar-refractivity contribution in [2.24, 2.45) is 10.2 Å². The number of sulfonamides is 1. The molecule has 1 aliphatic heterocycles. The molecule has 0 radical (unpaired) electrons. The predicted octanol–water partition coefficient (Wildman–Crippen LogP) is 3.65. The second-order valence-corrected chi connectivity index (χ2v) is 14.4.